The number of nitrogens with one attached hydrogen (secondary N) is 1. The molecule has 1 aromatic heterocycles. The summed E-state index contributed by atoms with van der Waals surface area (Å²) in [5.74, 6) is 0.214. The molecule has 6 nitrogen and oxygen atoms in total. The molecular formula is C13H19N2O4P. The van der Waals surface area contributed by atoms with Crippen LogP contribution in [0.4, 0.5) is 0 Å². The number of nitrogens with zero attached hydrogens (tertiary/aromatic N) is 1. The maximum absolute atomic E-state index is 11.0. The summed E-state index contributed by atoms with van der Waals surface area (Å²) >= 11 is 0. The van der Waals surface area contributed by atoms with Gasteiger partial charge in [-0.3, -0.25) is 9.79 Å². The van der Waals surface area contributed by atoms with Crippen molar-refractivity contribution in [2.24, 2.45) is 0 Å². The van der Waals surface area contributed by atoms with Gasteiger partial charge in [0.2, 0.25) is 0 Å². The van der Waals surface area contributed by atoms with Crippen molar-refractivity contribution in [2.75, 3.05) is 20.1 Å². The Morgan fingerprint density at radius 1 is 1.40 bits per heavy atom. The number of hydrogen-bond acceptors (Lipinski definition) is 3. The first-order valence-electron chi connectivity index (χ1n) is 6.43. The van der Waals surface area contributed by atoms with Gasteiger partial charge in [-0.05, 0) is 37.7 Å². The highest BCUT2D eigenvalue weighted by Gasteiger charge is 2.19. The summed E-state index contributed by atoms with van der Waals surface area (Å²) in [5, 5.41) is 0.736. The lowest BCUT2D eigenvalue weighted by Gasteiger charge is -2.14. The first kappa shape index (κ1) is 15.1. The second kappa shape index (κ2) is 5.97. The minimum atomic E-state index is -4.56. The number of rotatable bonds is 6. The number of fused-ring (bicyclic) bond motifs is 1. The molecule has 3 N–H and O–H groups in total. The zero-order chi connectivity index (χ0) is 14.8. The Kier molecular flexibility index (Phi) is 4.50. The first-order chi connectivity index (χ1) is 9.40. The van der Waals surface area contributed by atoms with Crippen molar-refractivity contribution in [1.29, 1.82) is 0 Å². The van der Waals surface area contributed by atoms with E-state index in [2.05, 4.69) is 16.8 Å². The van der Waals surface area contributed by atoms with Gasteiger partial charge in [-0.15, -0.1) is 0 Å². The summed E-state index contributed by atoms with van der Waals surface area (Å²) in [7, 11) is -2.53. The van der Waals surface area contributed by atoms with Crippen LogP contribution >= 0.6 is 7.82 Å². The van der Waals surface area contributed by atoms with Crippen LogP contribution in [0.2, 0.25) is 0 Å². The molecule has 0 aliphatic carbocycles. The van der Waals surface area contributed by atoms with Gasteiger partial charge in [0.05, 0.1) is 0 Å². The molecule has 20 heavy (non-hydrogen) atoms. The van der Waals surface area contributed by atoms with Gasteiger partial charge in [-0.2, -0.15) is 0 Å². The lowest BCUT2D eigenvalue weighted by molar-refractivity contribution is 0.284. The van der Waals surface area contributed by atoms with E-state index in [1.165, 1.54) is 0 Å². The lowest BCUT2D eigenvalue weighted by Crippen LogP contribution is -2.20. The SMILES string of the molecule is CCN(C)CCc1c[nH]c2cccc(OP(=O)(O)O)c12. The van der Waals surface area contributed by atoms with Crippen molar-refractivity contribution in [3.05, 3.63) is 30.0 Å². The minimum Gasteiger partial charge on any atom is -0.404 e. The number of phosphoric ester groups is 1. The van der Waals surface area contributed by atoms with E-state index in [0.717, 1.165) is 36.0 Å². The molecular weight excluding hydrogens is 279 g/mol. The van der Waals surface area contributed by atoms with Gasteiger partial charge in [0.25, 0.3) is 0 Å². The van der Waals surface area contributed by atoms with Crippen molar-refractivity contribution in [3.63, 3.8) is 0 Å². The van der Waals surface area contributed by atoms with Crippen molar-refractivity contribution in [2.45, 2.75) is 13.3 Å². The fourth-order valence-corrected chi connectivity index (χ4v) is 2.50. The average Bonchev–Trinajstić information content (AvgIpc) is 2.78. The molecule has 1 aromatic carbocycles. The smallest absolute Gasteiger partial charge is 0.404 e. The highest BCUT2D eigenvalue weighted by atomic mass is 31.2. The van der Waals surface area contributed by atoms with Gasteiger partial charge in [-0.25, -0.2) is 4.57 Å². The minimum absolute atomic E-state index is 0.214. The zero-order valence-electron chi connectivity index (χ0n) is 11.5. The first-order valence-corrected chi connectivity index (χ1v) is 7.96. The van der Waals surface area contributed by atoms with Crippen molar-refractivity contribution in [1.82, 2.24) is 9.88 Å². The molecule has 1 heterocycles. The summed E-state index contributed by atoms with van der Waals surface area (Å²) in [6.07, 6.45) is 2.65. The van der Waals surface area contributed by atoms with Crippen LogP contribution in [0.1, 0.15) is 12.5 Å². The monoisotopic (exact) mass is 298 g/mol. The quantitative estimate of drug-likeness (QED) is 0.711. The van der Waals surface area contributed by atoms with Crippen LogP contribution in [0.5, 0.6) is 5.75 Å². The fourth-order valence-electron chi connectivity index (χ4n) is 2.09. The molecule has 0 amide bonds. The van der Waals surface area contributed by atoms with E-state index in [-0.39, 0.29) is 5.75 Å². The maximum Gasteiger partial charge on any atom is 0.524 e. The number of aromatic nitrogens is 1. The molecule has 110 valence electrons. The van der Waals surface area contributed by atoms with Crippen molar-refractivity contribution in [3.8, 4) is 5.75 Å². The van der Waals surface area contributed by atoms with Gasteiger partial charge in [-0.1, -0.05) is 13.0 Å². The van der Waals surface area contributed by atoms with E-state index in [1.54, 1.807) is 12.1 Å². The van der Waals surface area contributed by atoms with Crippen molar-refractivity contribution < 1.29 is 18.9 Å². The Morgan fingerprint density at radius 2 is 2.15 bits per heavy atom. The summed E-state index contributed by atoms with van der Waals surface area (Å²) in [5.41, 5.74) is 1.80. The van der Waals surface area contributed by atoms with Gasteiger partial charge >= 0.3 is 7.82 Å². The van der Waals surface area contributed by atoms with Crippen LogP contribution in [0.15, 0.2) is 24.4 Å². The second-order valence-electron chi connectivity index (χ2n) is 4.72. The Balaban J connectivity index is 2.34. The molecule has 0 radical (unpaired) electrons. The molecule has 0 fully saturated rings. The van der Waals surface area contributed by atoms with Gasteiger partial charge in [0, 0.05) is 23.6 Å². The molecule has 7 heteroatoms. The standard InChI is InChI=1S/C13H19N2O4P/c1-3-15(2)8-7-10-9-14-11-5-4-6-12(13(10)11)19-20(16,17)18/h4-6,9,14H,3,7-8H2,1-2H3,(H2,16,17,18). The molecule has 0 bridgehead atoms. The van der Waals surface area contributed by atoms with Crippen molar-refractivity contribution >= 4 is 18.7 Å². The molecule has 0 spiro atoms. The van der Waals surface area contributed by atoms with Crippen LogP contribution in [0, 0.1) is 0 Å². The maximum atomic E-state index is 11.0. The normalized spacial score (nSPS) is 12.2. The predicted molar refractivity (Wildman–Crippen MR) is 77.8 cm³/mol. The highest BCUT2D eigenvalue weighted by molar-refractivity contribution is 7.46. The number of aromatic amines is 1. The third-order valence-electron chi connectivity index (χ3n) is 3.27. The average molecular weight is 298 g/mol. The Morgan fingerprint density at radius 3 is 2.80 bits per heavy atom. The second-order valence-corrected chi connectivity index (χ2v) is 5.88. The molecule has 0 aliphatic heterocycles. The summed E-state index contributed by atoms with van der Waals surface area (Å²) in [6.45, 7) is 3.90. The van der Waals surface area contributed by atoms with Crippen LogP contribution < -0.4 is 4.52 Å². The van der Waals surface area contributed by atoms with Crippen LogP contribution in [-0.2, 0) is 11.0 Å². The largest absolute Gasteiger partial charge is 0.524 e. The Labute approximate surface area is 117 Å². The van der Waals surface area contributed by atoms with E-state index in [0.29, 0.717) is 0 Å². The number of likely N-dealkylation sites (N-methyl/N-ethyl adjacent to an activating group) is 1. The number of H-pyrrole nitrogens is 1. The van der Waals surface area contributed by atoms with Crippen LogP contribution in [0.25, 0.3) is 10.9 Å². The van der Waals surface area contributed by atoms with Crippen LogP contribution in [-0.4, -0.2) is 39.8 Å². The van der Waals surface area contributed by atoms with E-state index >= 15 is 0 Å². The number of benzene rings is 1. The summed E-state index contributed by atoms with van der Waals surface area (Å²) in [6, 6.07) is 5.13. The molecule has 0 aliphatic rings. The fraction of sp³-hybridized carbons (Fsp3) is 0.385. The van der Waals surface area contributed by atoms with Gasteiger partial charge < -0.3 is 14.4 Å². The van der Waals surface area contributed by atoms with E-state index < -0.39 is 7.82 Å². The topological polar surface area (TPSA) is 85.8 Å². The Bertz CT molecular complexity index is 634. The lowest BCUT2D eigenvalue weighted by atomic mass is 10.1. The zero-order valence-corrected chi connectivity index (χ0v) is 12.4. The Hall–Kier alpha value is -1.33. The van der Waals surface area contributed by atoms with Gasteiger partial charge in [0.15, 0.2) is 0 Å². The molecule has 0 saturated carbocycles. The third kappa shape index (κ3) is 3.61. The van der Waals surface area contributed by atoms with E-state index in [9.17, 15) is 4.57 Å². The van der Waals surface area contributed by atoms with E-state index in [4.69, 9.17) is 14.3 Å². The molecule has 0 atom stereocenters. The molecule has 2 rings (SSSR count). The third-order valence-corrected chi connectivity index (χ3v) is 3.70. The number of hydrogen-bond donors (Lipinski definition) is 3. The molecule has 2 aromatic rings. The summed E-state index contributed by atoms with van der Waals surface area (Å²) in [4.78, 5) is 23.2. The van der Waals surface area contributed by atoms with Gasteiger partial charge in [0.1, 0.15) is 5.75 Å². The van der Waals surface area contributed by atoms with Crippen LogP contribution in [0.3, 0.4) is 0 Å². The highest BCUT2D eigenvalue weighted by Crippen LogP contribution is 2.41. The molecule has 0 unspecified atom stereocenters. The molecule has 0 saturated heterocycles. The predicted octanol–water partition coefficient (Wildman–Crippen LogP) is 2.13. The number of phosphoric acid groups is 1. The van der Waals surface area contributed by atoms with E-state index in [1.807, 2.05) is 19.3 Å². The summed E-state index contributed by atoms with van der Waals surface area (Å²) < 4.78 is 15.8.